The molecule has 1 rings (SSSR count). The van der Waals surface area contributed by atoms with E-state index in [9.17, 15) is 5.11 Å². The van der Waals surface area contributed by atoms with Crippen molar-refractivity contribution < 1.29 is 9.84 Å². The molecule has 0 aromatic carbocycles. The summed E-state index contributed by atoms with van der Waals surface area (Å²) >= 11 is 0. The maximum Gasteiger partial charge on any atom is 0.188 e. The zero-order valence-electron chi connectivity index (χ0n) is 7.00. The minimum absolute atomic E-state index is 0.549. The van der Waals surface area contributed by atoms with Crippen LogP contribution in [0.1, 0.15) is 19.8 Å². The first-order valence-electron chi connectivity index (χ1n) is 3.86. The van der Waals surface area contributed by atoms with Crippen LogP contribution in [0.4, 0.5) is 0 Å². The Labute approximate surface area is 67.2 Å². The maximum absolute atomic E-state index is 9.63. The summed E-state index contributed by atoms with van der Waals surface area (Å²) in [6, 6.07) is 0. The summed E-state index contributed by atoms with van der Waals surface area (Å²) in [6.07, 6.45) is 7.21. The van der Waals surface area contributed by atoms with E-state index in [4.69, 9.17) is 4.74 Å². The van der Waals surface area contributed by atoms with Crippen LogP contribution in [0, 0.1) is 0 Å². The number of allylic oxidation sites excluding steroid dienone is 2. The molecule has 0 spiro atoms. The summed E-state index contributed by atoms with van der Waals surface area (Å²) < 4.78 is 4.94. The Kier molecular flexibility index (Phi) is 2.47. The van der Waals surface area contributed by atoms with E-state index in [0.717, 1.165) is 12.0 Å². The van der Waals surface area contributed by atoms with Gasteiger partial charge in [0, 0.05) is 13.5 Å². The Bertz CT molecular complexity index is 194. The number of hydrogen-bond donors (Lipinski definition) is 1. The van der Waals surface area contributed by atoms with Crippen LogP contribution < -0.4 is 0 Å². The van der Waals surface area contributed by atoms with Crippen molar-refractivity contribution in [2.75, 3.05) is 7.11 Å². The topological polar surface area (TPSA) is 29.5 Å². The van der Waals surface area contributed by atoms with Gasteiger partial charge in [-0.2, -0.15) is 0 Å². The second-order valence-electron chi connectivity index (χ2n) is 2.73. The Hall–Kier alpha value is -0.600. The molecule has 2 heteroatoms. The number of methoxy groups -OCH3 is 1. The van der Waals surface area contributed by atoms with Gasteiger partial charge in [0.2, 0.25) is 0 Å². The quantitative estimate of drug-likeness (QED) is 0.612. The monoisotopic (exact) mass is 154 g/mol. The fourth-order valence-electron chi connectivity index (χ4n) is 1.14. The van der Waals surface area contributed by atoms with E-state index in [-0.39, 0.29) is 0 Å². The van der Waals surface area contributed by atoms with Crippen LogP contribution >= 0.6 is 0 Å². The van der Waals surface area contributed by atoms with Crippen molar-refractivity contribution >= 4 is 0 Å². The van der Waals surface area contributed by atoms with Gasteiger partial charge in [-0.15, -0.1) is 0 Å². The lowest BCUT2D eigenvalue weighted by molar-refractivity contribution is -0.144. The predicted octanol–water partition coefficient (Wildman–Crippen LogP) is 1.62. The SMILES string of the molecule is CCC1=CC(O)(OC)CC=C1. The standard InChI is InChI=1S/C9H14O2/c1-3-8-5-4-6-9(10,7-8)11-2/h4-5,7,10H,3,6H2,1-2H3. The van der Waals surface area contributed by atoms with Gasteiger partial charge in [-0.25, -0.2) is 0 Å². The molecule has 2 nitrogen and oxygen atoms in total. The second-order valence-corrected chi connectivity index (χ2v) is 2.73. The average molecular weight is 154 g/mol. The summed E-state index contributed by atoms with van der Waals surface area (Å²) in [5, 5.41) is 9.63. The summed E-state index contributed by atoms with van der Waals surface area (Å²) in [6.45, 7) is 2.05. The highest BCUT2D eigenvalue weighted by Gasteiger charge is 2.23. The van der Waals surface area contributed by atoms with Gasteiger partial charge in [0.1, 0.15) is 0 Å². The van der Waals surface area contributed by atoms with Gasteiger partial charge in [-0.1, -0.05) is 19.1 Å². The highest BCUT2D eigenvalue weighted by molar-refractivity contribution is 5.26. The van der Waals surface area contributed by atoms with E-state index >= 15 is 0 Å². The lowest BCUT2D eigenvalue weighted by Crippen LogP contribution is -2.29. The normalized spacial score (nSPS) is 30.3. The first-order chi connectivity index (χ1) is 5.20. The molecule has 0 aromatic heterocycles. The number of ether oxygens (including phenoxy) is 1. The number of rotatable bonds is 2. The van der Waals surface area contributed by atoms with Gasteiger partial charge in [-0.3, -0.25) is 0 Å². The van der Waals surface area contributed by atoms with E-state index in [1.54, 1.807) is 6.08 Å². The van der Waals surface area contributed by atoms with Crippen LogP contribution in [-0.2, 0) is 4.74 Å². The molecule has 0 radical (unpaired) electrons. The van der Waals surface area contributed by atoms with Crippen LogP contribution in [0.5, 0.6) is 0 Å². The Balaban J connectivity index is 2.75. The molecular weight excluding hydrogens is 140 g/mol. The minimum atomic E-state index is -1.06. The van der Waals surface area contributed by atoms with Crippen LogP contribution in [-0.4, -0.2) is 18.0 Å². The molecule has 0 heterocycles. The molecule has 0 amide bonds. The molecule has 1 aliphatic rings. The number of aliphatic hydroxyl groups is 1. The smallest absolute Gasteiger partial charge is 0.188 e. The lowest BCUT2D eigenvalue weighted by Gasteiger charge is -2.24. The van der Waals surface area contributed by atoms with E-state index < -0.39 is 5.79 Å². The van der Waals surface area contributed by atoms with Crippen LogP contribution in [0.2, 0.25) is 0 Å². The molecular formula is C9H14O2. The molecule has 1 atom stereocenters. The van der Waals surface area contributed by atoms with E-state index in [1.165, 1.54) is 7.11 Å². The third-order valence-electron chi connectivity index (χ3n) is 1.91. The van der Waals surface area contributed by atoms with Gasteiger partial charge in [0.15, 0.2) is 5.79 Å². The molecule has 11 heavy (non-hydrogen) atoms. The fourth-order valence-corrected chi connectivity index (χ4v) is 1.14. The van der Waals surface area contributed by atoms with Gasteiger partial charge in [0.25, 0.3) is 0 Å². The highest BCUT2D eigenvalue weighted by Crippen LogP contribution is 2.22. The van der Waals surface area contributed by atoms with Crippen molar-refractivity contribution in [1.29, 1.82) is 0 Å². The van der Waals surface area contributed by atoms with Crippen molar-refractivity contribution in [3.8, 4) is 0 Å². The predicted molar refractivity (Wildman–Crippen MR) is 44.1 cm³/mol. The van der Waals surface area contributed by atoms with Gasteiger partial charge < -0.3 is 9.84 Å². The molecule has 62 valence electrons. The molecule has 0 fully saturated rings. The van der Waals surface area contributed by atoms with E-state index in [1.807, 2.05) is 12.2 Å². The maximum atomic E-state index is 9.63. The van der Waals surface area contributed by atoms with E-state index in [0.29, 0.717) is 6.42 Å². The molecule has 1 aliphatic carbocycles. The van der Waals surface area contributed by atoms with Gasteiger partial charge in [-0.05, 0) is 18.1 Å². The zero-order valence-corrected chi connectivity index (χ0v) is 7.00. The number of hydrogen-bond acceptors (Lipinski definition) is 2. The summed E-state index contributed by atoms with van der Waals surface area (Å²) in [4.78, 5) is 0. The second kappa shape index (κ2) is 3.20. The van der Waals surface area contributed by atoms with Gasteiger partial charge in [0.05, 0.1) is 0 Å². The highest BCUT2D eigenvalue weighted by atomic mass is 16.6. The molecule has 1 N–H and O–H groups in total. The van der Waals surface area contributed by atoms with E-state index in [2.05, 4.69) is 6.92 Å². The summed E-state index contributed by atoms with van der Waals surface area (Å²) in [5.41, 5.74) is 1.13. The first kappa shape index (κ1) is 8.50. The first-order valence-corrected chi connectivity index (χ1v) is 3.86. The third-order valence-corrected chi connectivity index (χ3v) is 1.91. The van der Waals surface area contributed by atoms with Crippen LogP contribution in [0.25, 0.3) is 0 Å². The van der Waals surface area contributed by atoms with Crippen molar-refractivity contribution in [2.24, 2.45) is 0 Å². The Morgan fingerprint density at radius 2 is 2.45 bits per heavy atom. The Morgan fingerprint density at radius 1 is 1.73 bits per heavy atom. The molecule has 0 saturated heterocycles. The largest absolute Gasteiger partial charge is 0.362 e. The summed E-state index contributed by atoms with van der Waals surface area (Å²) in [5.74, 6) is -1.06. The van der Waals surface area contributed by atoms with Crippen LogP contribution in [0.15, 0.2) is 23.8 Å². The van der Waals surface area contributed by atoms with Crippen molar-refractivity contribution in [2.45, 2.75) is 25.6 Å². The van der Waals surface area contributed by atoms with Crippen molar-refractivity contribution in [3.63, 3.8) is 0 Å². The zero-order chi connectivity index (χ0) is 8.32. The molecule has 0 saturated carbocycles. The van der Waals surface area contributed by atoms with Crippen molar-refractivity contribution in [3.05, 3.63) is 23.8 Å². The van der Waals surface area contributed by atoms with Gasteiger partial charge >= 0.3 is 0 Å². The fraction of sp³-hybridized carbons (Fsp3) is 0.556. The molecule has 0 aromatic rings. The lowest BCUT2D eigenvalue weighted by atomic mass is 10.0. The minimum Gasteiger partial charge on any atom is -0.362 e. The molecule has 0 bridgehead atoms. The average Bonchev–Trinajstić information content (AvgIpc) is 2.05. The molecule has 1 unspecified atom stereocenters. The Morgan fingerprint density at radius 3 is 3.00 bits per heavy atom. The summed E-state index contributed by atoms with van der Waals surface area (Å²) in [7, 11) is 1.52. The van der Waals surface area contributed by atoms with Crippen molar-refractivity contribution in [1.82, 2.24) is 0 Å². The van der Waals surface area contributed by atoms with Crippen LogP contribution in [0.3, 0.4) is 0 Å². The third kappa shape index (κ3) is 1.91. The molecule has 0 aliphatic heterocycles.